The molecule has 1 saturated heterocycles. The van der Waals surface area contributed by atoms with Gasteiger partial charge in [0, 0.05) is 32.5 Å². The van der Waals surface area contributed by atoms with Crippen molar-refractivity contribution in [1.82, 2.24) is 14.4 Å². The van der Waals surface area contributed by atoms with Gasteiger partial charge in [-0.05, 0) is 25.1 Å². The molecule has 2 rings (SSSR count). The quantitative estimate of drug-likeness (QED) is 0.554. The Bertz CT molecular complexity index is 587. The third-order valence-electron chi connectivity index (χ3n) is 3.35. The van der Waals surface area contributed by atoms with Crippen LogP contribution in [0.2, 0.25) is 0 Å². The first-order valence-corrected chi connectivity index (χ1v) is 5.78. The van der Waals surface area contributed by atoms with E-state index in [1.165, 1.54) is 20.2 Å². The number of amides is 4. The van der Waals surface area contributed by atoms with Crippen molar-refractivity contribution < 1.29 is 14.4 Å². The second kappa shape index (κ2) is 4.38. The number of carbonyl (C=O) groups excluding carboxylic acids is 3. The molecule has 0 aliphatic carbocycles. The highest BCUT2D eigenvalue weighted by Gasteiger charge is 2.37. The summed E-state index contributed by atoms with van der Waals surface area (Å²) in [7, 11) is 4.56. The van der Waals surface area contributed by atoms with Crippen LogP contribution in [0.25, 0.3) is 6.08 Å². The van der Waals surface area contributed by atoms with Crippen LogP contribution < -0.4 is 0 Å². The molecule has 0 N–H and O–H groups in total. The highest BCUT2D eigenvalue weighted by molar-refractivity contribution is 6.30. The number of likely N-dealkylation sites (N-methyl/N-ethyl adjacent to an activating group) is 2. The third kappa shape index (κ3) is 1.95. The Hall–Kier alpha value is -2.37. The number of hydrogen-bond donors (Lipinski definition) is 0. The molecule has 100 valence electrons. The minimum Gasteiger partial charge on any atom is -0.348 e. The first kappa shape index (κ1) is 13.1. The number of aromatic nitrogens is 1. The summed E-state index contributed by atoms with van der Waals surface area (Å²) in [5, 5.41) is 0. The fourth-order valence-electron chi connectivity index (χ4n) is 1.90. The zero-order valence-electron chi connectivity index (χ0n) is 11.3. The Morgan fingerprint density at radius 1 is 0.947 bits per heavy atom. The predicted octanol–water partition coefficient (Wildman–Crippen LogP) is 0.767. The molecule has 0 bridgehead atoms. The predicted molar refractivity (Wildman–Crippen MR) is 69.1 cm³/mol. The van der Waals surface area contributed by atoms with Crippen molar-refractivity contribution in [2.45, 2.75) is 6.92 Å². The maximum Gasteiger partial charge on any atom is 0.333 e. The zero-order chi connectivity index (χ0) is 14.3. The number of aryl methyl sites for hydroxylation is 1. The number of hydrogen-bond acceptors (Lipinski definition) is 3. The van der Waals surface area contributed by atoms with Crippen LogP contribution in [0.5, 0.6) is 0 Å². The number of urea groups is 1. The minimum absolute atomic E-state index is 0.00852. The van der Waals surface area contributed by atoms with E-state index in [0.29, 0.717) is 0 Å². The second-order valence-corrected chi connectivity index (χ2v) is 4.53. The first-order valence-electron chi connectivity index (χ1n) is 5.78. The highest BCUT2D eigenvalue weighted by Crippen LogP contribution is 2.18. The van der Waals surface area contributed by atoms with Crippen LogP contribution in [0.3, 0.4) is 0 Å². The van der Waals surface area contributed by atoms with Gasteiger partial charge in [-0.25, -0.2) is 4.79 Å². The lowest BCUT2D eigenvalue weighted by molar-refractivity contribution is -0.134. The number of imide groups is 2. The summed E-state index contributed by atoms with van der Waals surface area (Å²) in [6, 6.07) is 3.09. The van der Waals surface area contributed by atoms with E-state index in [2.05, 4.69) is 0 Å². The van der Waals surface area contributed by atoms with E-state index in [1.54, 1.807) is 0 Å². The lowest BCUT2D eigenvalue weighted by Gasteiger charge is -2.28. The average molecular weight is 261 g/mol. The van der Waals surface area contributed by atoms with Crippen molar-refractivity contribution in [2.75, 3.05) is 14.1 Å². The van der Waals surface area contributed by atoms with E-state index in [-0.39, 0.29) is 5.57 Å². The SMILES string of the molecule is Cc1ccc(C=C2C(=O)N(C)C(=O)N(C)C2=O)n1C. The first-order chi connectivity index (χ1) is 8.84. The molecule has 1 aromatic rings. The van der Waals surface area contributed by atoms with E-state index >= 15 is 0 Å². The molecule has 1 aromatic heterocycles. The van der Waals surface area contributed by atoms with Gasteiger partial charge in [-0.1, -0.05) is 0 Å². The lowest BCUT2D eigenvalue weighted by Crippen LogP contribution is -2.52. The summed E-state index contributed by atoms with van der Waals surface area (Å²) >= 11 is 0. The third-order valence-corrected chi connectivity index (χ3v) is 3.35. The summed E-state index contributed by atoms with van der Waals surface area (Å²) in [4.78, 5) is 37.4. The van der Waals surface area contributed by atoms with Crippen LogP contribution in [-0.4, -0.2) is 46.3 Å². The van der Waals surface area contributed by atoms with Crippen LogP contribution in [0.4, 0.5) is 4.79 Å². The van der Waals surface area contributed by atoms with Crippen molar-refractivity contribution in [3.05, 3.63) is 29.1 Å². The van der Waals surface area contributed by atoms with Crippen LogP contribution in [0, 0.1) is 6.92 Å². The van der Waals surface area contributed by atoms with E-state index in [4.69, 9.17) is 0 Å². The van der Waals surface area contributed by atoms with Gasteiger partial charge in [0.15, 0.2) is 0 Å². The number of nitrogens with zero attached hydrogens (tertiary/aromatic N) is 3. The van der Waals surface area contributed by atoms with Gasteiger partial charge in [0.1, 0.15) is 5.57 Å². The van der Waals surface area contributed by atoms with Crippen LogP contribution >= 0.6 is 0 Å². The second-order valence-electron chi connectivity index (χ2n) is 4.53. The highest BCUT2D eigenvalue weighted by atomic mass is 16.2. The summed E-state index contributed by atoms with van der Waals surface area (Å²) in [5.74, 6) is -1.15. The molecule has 4 amide bonds. The van der Waals surface area contributed by atoms with E-state index in [1.807, 2.05) is 30.7 Å². The van der Waals surface area contributed by atoms with E-state index < -0.39 is 17.8 Å². The average Bonchev–Trinajstić information content (AvgIpc) is 2.71. The molecule has 1 fully saturated rings. The fourth-order valence-corrected chi connectivity index (χ4v) is 1.90. The van der Waals surface area contributed by atoms with Crippen molar-refractivity contribution in [1.29, 1.82) is 0 Å². The Balaban J connectivity index is 2.48. The Morgan fingerprint density at radius 3 is 1.89 bits per heavy atom. The van der Waals surface area contributed by atoms with Crippen LogP contribution in [0.1, 0.15) is 11.4 Å². The molecule has 0 aromatic carbocycles. The molecule has 0 unspecified atom stereocenters. The van der Waals surface area contributed by atoms with Crippen LogP contribution in [0.15, 0.2) is 17.7 Å². The summed E-state index contributed by atoms with van der Waals surface area (Å²) in [6.45, 7) is 1.92. The van der Waals surface area contributed by atoms with Crippen molar-refractivity contribution in [3.63, 3.8) is 0 Å². The van der Waals surface area contributed by atoms with Gasteiger partial charge in [-0.2, -0.15) is 0 Å². The molecule has 1 aliphatic heterocycles. The molecule has 2 heterocycles. The van der Waals surface area contributed by atoms with Gasteiger partial charge >= 0.3 is 6.03 Å². The van der Waals surface area contributed by atoms with Gasteiger partial charge in [0.25, 0.3) is 11.8 Å². The zero-order valence-corrected chi connectivity index (χ0v) is 11.3. The number of rotatable bonds is 1. The summed E-state index contributed by atoms with van der Waals surface area (Å²) < 4.78 is 1.87. The Kier molecular flexibility index (Phi) is 3.01. The maximum absolute atomic E-state index is 12.0. The molecule has 6 nitrogen and oxygen atoms in total. The van der Waals surface area contributed by atoms with E-state index in [9.17, 15) is 14.4 Å². The molecular formula is C13H15N3O3. The van der Waals surface area contributed by atoms with Crippen molar-refractivity contribution in [2.24, 2.45) is 7.05 Å². The normalized spacial score (nSPS) is 16.4. The number of carbonyl (C=O) groups is 3. The standard InChI is InChI=1S/C13H15N3O3/c1-8-5-6-9(14(8)2)7-10-11(17)15(3)13(19)16(4)12(10)18/h5-7H,1-4H3. The van der Waals surface area contributed by atoms with Gasteiger partial charge in [-0.15, -0.1) is 0 Å². The van der Waals surface area contributed by atoms with Gasteiger partial charge < -0.3 is 4.57 Å². The molecule has 19 heavy (non-hydrogen) atoms. The molecule has 6 heteroatoms. The van der Waals surface area contributed by atoms with E-state index in [0.717, 1.165) is 21.2 Å². The van der Waals surface area contributed by atoms with Crippen molar-refractivity contribution >= 4 is 23.9 Å². The summed E-state index contributed by atoms with van der Waals surface area (Å²) in [5.41, 5.74) is 1.75. The number of barbiturate groups is 1. The molecule has 0 spiro atoms. The lowest BCUT2D eigenvalue weighted by atomic mass is 10.1. The molecule has 0 atom stereocenters. The smallest absolute Gasteiger partial charge is 0.333 e. The monoisotopic (exact) mass is 261 g/mol. The summed E-state index contributed by atoms with van der Waals surface area (Å²) in [6.07, 6.45) is 1.51. The molecule has 1 aliphatic rings. The Morgan fingerprint density at radius 2 is 1.47 bits per heavy atom. The van der Waals surface area contributed by atoms with Gasteiger partial charge in [0.2, 0.25) is 0 Å². The van der Waals surface area contributed by atoms with Gasteiger partial charge in [-0.3, -0.25) is 19.4 Å². The largest absolute Gasteiger partial charge is 0.348 e. The maximum atomic E-state index is 12.0. The topological polar surface area (TPSA) is 62.6 Å². The Labute approximate surface area is 110 Å². The minimum atomic E-state index is -0.616. The molecular weight excluding hydrogens is 246 g/mol. The molecule has 0 radical (unpaired) electrons. The van der Waals surface area contributed by atoms with Crippen LogP contribution in [-0.2, 0) is 16.6 Å². The van der Waals surface area contributed by atoms with Gasteiger partial charge in [0.05, 0.1) is 0 Å². The van der Waals surface area contributed by atoms with Crippen molar-refractivity contribution in [3.8, 4) is 0 Å². The fraction of sp³-hybridized carbons (Fsp3) is 0.308. The molecule has 0 saturated carbocycles.